The van der Waals surface area contributed by atoms with E-state index in [0.29, 0.717) is 18.8 Å². The van der Waals surface area contributed by atoms with Gasteiger partial charge in [-0.1, -0.05) is 42.5 Å². The van der Waals surface area contributed by atoms with Gasteiger partial charge in [0.15, 0.2) is 0 Å². The van der Waals surface area contributed by atoms with E-state index in [0.717, 1.165) is 30.4 Å². The summed E-state index contributed by atoms with van der Waals surface area (Å²) in [5, 5.41) is 3.84. The molecule has 32 heavy (non-hydrogen) atoms. The van der Waals surface area contributed by atoms with Gasteiger partial charge < -0.3 is 4.90 Å². The summed E-state index contributed by atoms with van der Waals surface area (Å²) in [6.07, 6.45) is 6.48. The van der Waals surface area contributed by atoms with Crippen molar-refractivity contribution >= 4 is 39.1 Å². The second-order valence-electron chi connectivity index (χ2n) is 8.08. The van der Waals surface area contributed by atoms with E-state index in [9.17, 15) is 18.0 Å². The lowest BCUT2D eigenvalue weighted by atomic mass is 9.88. The Kier molecular flexibility index (Phi) is 6.90. The topological polar surface area (TPSA) is 92.6 Å². The monoisotopic (exact) mass is 498 g/mol. The third-order valence-corrected chi connectivity index (χ3v) is 8.76. The van der Waals surface area contributed by atoms with Gasteiger partial charge in [-0.05, 0) is 37.1 Å². The number of halogens is 2. The van der Waals surface area contributed by atoms with Crippen molar-refractivity contribution in [3.05, 3.63) is 50.9 Å². The van der Waals surface area contributed by atoms with Crippen molar-refractivity contribution in [2.45, 2.75) is 37.0 Å². The van der Waals surface area contributed by atoms with Crippen LogP contribution in [0.4, 0.5) is 0 Å². The number of rotatable bonds is 4. The predicted octanol–water partition coefficient (Wildman–Crippen LogP) is 2.95. The summed E-state index contributed by atoms with van der Waals surface area (Å²) in [4.78, 5) is 26.9. The molecule has 8 nitrogen and oxygen atoms in total. The molecule has 2 fully saturated rings. The van der Waals surface area contributed by atoms with E-state index in [-0.39, 0.29) is 39.9 Å². The molecule has 1 aromatic heterocycles. The molecule has 0 spiro atoms. The van der Waals surface area contributed by atoms with Crippen molar-refractivity contribution in [3.8, 4) is 5.69 Å². The highest BCUT2D eigenvalue weighted by molar-refractivity contribution is 7.89. The van der Waals surface area contributed by atoms with Gasteiger partial charge in [0.2, 0.25) is 15.9 Å². The molecule has 0 radical (unpaired) electrons. The molecule has 2 aliphatic rings. The van der Waals surface area contributed by atoms with E-state index in [2.05, 4.69) is 5.10 Å². The maximum Gasteiger partial charge on any atom is 0.291 e. The number of hydrogen-bond acceptors (Lipinski definition) is 5. The van der Waals surface area contributed by atoms with Crippen molar-refractivity contribution < 1.29 is 13.2 Å². The van der Waals surface area contributed by atoms with Gasteiger partial charge in [0.25, 0.3) is 5.56 Å². The minimum atomic E-state index is -3.72. The summed E-state index contributed by atoms with van der Waals surface area (Å²) in [7, 11) is -3.72. The van der Waals surface area contributed by atoms with E-state index in [1.54, 1.807) is 4.90 Å². The number of amides is 1. The summed E-state index contributed by atoms with van der Waals surface area (Å²) in [5.41, 5.74) is -0.219. The molecule has 2 aromatic rings. The van der Waals surface area contributed by atoms with Gasteiger partial charge in [0, 0.05) is 32.1 Å². The third kappa shape index (κ3) is 4.57. The molecule has 0 unspecified atom stereocenters. The molecule has 1 aliphatic carbocycles. The Labute approximate surface area is 196 Å². The fraction of sp³-hybridized carbons (Fsp3) is 0.476. The Balaban J connectivity index is 1.45. The molecule has 11 heteroatoms. The normalized spacial score (nSPS) is 18.6. The van der Waals surface area contributed by atoms with Crippen LogP contribution >= 0.6 is 23.2 Å². The van der Waals surface area contributed by atoms with Crippen LogP contribution < -0.4 is 5.56 Å². The van der Waals surface area contributed by atoms with Crippen molar-refractivity contribution in [2.75, 3.05) is 26.2 Å². The number of aromatic nitrogens is 2. The van der Waals surface area contributed by atoms with Crippen molar-refractivity contribution in [1.29, 1.82) is 0 Å². The highest BCUT2D eigenvalue weighted by atomic mass is 35.5. The van der Waals surface area contributed by atoms with Crippen LogP contribution in [0.3, 0.4) is 0 Å². The SMILES string of the molecule is O=C(C1CCCCC1)N1CCN(S(=O)(=O)c2ccc(-n3ncc(Cl)c(Cl)c3=O)cc2)CC1. The number of hydrogen-bond donors (Lipinski definition) is 0. The number of nitrogens with zero attached hydrogens (tertiary/aromatic N) is 4. The van der Waals surface area contributed by atoms with E-state index in [4.69, 9.17) is 23.2 Å². The highest BCUT2D eigenvalue weighted by Crippen LogP contribution is 2.27. The van der Waals surface area contributed by atoms with Crippen molar-refractivity contribution in [3.63, 3.8) is 0 Å². The number of benzene rings is 1. The molecule has 172 valence electrons. The van der Waals surface area contributed by atoms with Gasteiger partial charge in [-0.15, -0.1) is 0 Å². The first-order valence-electron chi connectivity index (χ1n) is 10.6. The first kappa shape index (κ1) is 23.2. The number of carbonyl (C=O) groups excluding carboxylic acids is 1. The lowest BCUT2D eigenvalue weighted by Crippen LogP contribution is -2.52. The zero-order valence-corrected chi connectivity index (χ0v) is 19.7. The quantitative estimate of drug-likeness (QED) is 0.645. The average Bonchev–Trinajstić information content (AvgIpc) is 2.83. The molecule has 0 atom stereocenters. The van der Waals surface area contributed by atoms with Gasteiger partial charge >= 0.3 is 0 Å². The molecular weight excluding hydrogens is 475 g/mol. The smallest absolute Gasteiger partial charge is 0.291 e. The Morgan fingerprint density at radius 3 is 2.22 bits per heavy atom. The second-order valence-corrected chi connectivity index (χ2v) is 10.8. The van der Waals surface area contributed by atoms with Crippen molar-refractivity contribution in [1.82, 2.24) is 19.0 Å². The van der Waals surface area contributed by atoms with Gasteiger partial charge in [-0.3, -0.25) is 9.59 Å². The van der Waals surface area contributed by atoms with Crippen LogP contribution in [0.15, 0.2) is 40.2 Å². The molecule has 4 rings (SSSR count). The van der Waals surface area contributed by atoms with Gasteiger partial charge in [0.05, 0.1) is 21.8 Å². The first-order chi connectivity index (χ1) is 15.3. The highest BCUT2D eigenvalue weighted by Gasteiger charge is 2.33. The minimum Gasteiger partial charge on any atom is -0.340 e. The van der Waals surface area contributed by atoms with E-state index in [1.165, 1.54) is 41.2 Å². The van der Waals surface area contributed by atoms with E-state index >= 15 is 0 Å². The lowest BCUT2D eigenvalue weighted by Gasteiger charge is -2.36. The van der Waals surface area contributed by atoms with Crippen LogP contribution in [0.1, 0.15) is 32.1 Å². The van der Waals surface area contributed by atoms with Crippen LogP contribution in [0.5, 0.6) is 0 Å². The number of sulfonamides is 1. The number of carbonyl (C=O) groups is 1. The van der Waals surface area contributed by atoms with Crippen LogP contribution in [0, 0.1) is 5.92 Å². The molecule has 0 N–H and O–H groups in total. The van der Waals surface area contributed by atoms with Crippen LogP contribution in [-0.2, 0) is 14.8 Å². The van der Waals surface area contributed by atoms with Gasteiger partial charge in [-0.25, -0.2) is 8.42 Å². The van der Waals surface area contributed by atoms with Gasteiger partial charge in [0.1, 0.15) is 5.02 Å². The van der Waals surface area contributed by atoms with Gasteiger partial charge in [-0.2, -0.15) is 14.1 Å². The molecule has 1 aliphatic heterocycles. The Morgan fingerprint density at radius 2 is 1.59 bits per heavy atom. The fourth-order valence-electron chi connectivity index (χ4n) is 4.26. The zero-order valence-electron chi connectivity index (χ0n) is 17.4. The molecule has 1 amide bonds. The van der Waals surface area contributed by atoms with Crippen LogP contribution in [0.25, 0.3) is 5.69 Å². The standard InChI is InChI=1S/C21H24Cl2N4O4S/c22-18-14-24-27(21(29)19(18)23)16-6-8-17(9-7-16)32(30,31)26-12-10-25(11-13-26)20(28)15-4-2-1-3-5-15/h6-9,14-15H,1-5,10-13H2. The summed E-state index contributed by atoms with van der Waals surface area (Å²) in [6.45, 7) is 1.32. The molecular formula is C21H24Cl2N4O4S. The fourth-order valence-corrected chi connectivity index (χ4v) is 5.94. The Bertz CT molecular complexity index is 1150. The third-order valence-electron chi connectivity index (χ3n) is 6.10. The molecule has 1 saturated heterocycles. The summed E-state index contributed by atoms with van der Waals surface area (Å²) in [6, 6.07) is 5.85. The zero-order chi connectivity index (χ0) is 22.9. The lowest BCUT2D eigenvalue weighted by molar-refractivity contribution is -0.137. The molecule has 1 saturated carbocycles. The average molecular weight is 499 g/mol. The maximum absolute atomic E-state index is 13.1. The first-order valence-corrected chi connectivity index (χ1v) is 12.8. The summed E-state index contributed by atoms with van der Waals surface area (Å²) < 4.78 is 28.6. The molecule has 2 heterocycles. The van der Waals surface area contributed by atoms with E-state index in [1.807, 2.05) is 0 Å². The maximum atomic E-state index is 13.1. The Hall–Kier alpha value is -1.94. The van der Waals surface area contributed by atoms with E-state index < -0.39 is 15.6 Å². The van der Waals surface area contributed by atoms with Crippen molar-refractivity contribution in [2.24, 2.45) is 5.92 Å². The minimum absolute atomic E-state index is 0.0493. The summed E-state index contributed by atoms with van der Waals surface area (Å²) in [5.74, 6) is 0.239. The van der Waals surface area contributed by atoms with Crippen LogP contribution in [-0.4, -0.2) is 59.5 Å². The Morgan fingerprint density at radius 1 is 0.969 bits per heavy atom. The summed E-state index contributed by atoms with van der Waals surface area (Å²) >= 11 is 11.7. The second kappa shape index (κ2) is 9.51. The largest absolute Gasteiger partial charge is 0.340 e. The number of piperazine rings is 1. The predicted molar refractivity (Wildman–Crippen MR) is 122 cm³/mol. The molecule has 0 bridgehead atoms. The molecule has 1 aromatic carbocycles. The van der Waals surface area contributed by atoms with Crippen LogP contribution in [0.2, 0.25) is 10.0 Å².